The number of piperidine rings is 1. The van der Waals surface area contributed by atoms with Crippen molar-refractivity contribution >= 4 is 5.91 Å². The molecular formula is C19H23N5O. The number of likely N-dealkylation sites (tertiary alicyclic amines) is 1. The van der Waals surface area contributed by atoms with Gasteiger partial charge in [0.05, 0.1) is 12.5 Å². The largest absolute Gasteiger partial charge is 0.342 e. The number of hydrogen-bond acceptors (Lipinski definition) is 4. The summed E-state index contributed by atoms with van der Waals surface area (Å²) in [7, 11) is 0. The van der Waals surface area contributed by atoms with Crippen LogP contribution in [0.2, 0.25) is 0 Å². The molecule has 5 rings (SSSR count). The highest BCUT2D eigenvalue weighted by Gasteiger charge is 2.36. The fraction of sp³-hybridized carbons (Fsp3) is 0.526. The van der Waals surface area contributed by atoms with Crippen molar-refractivity contribution in [1.82, 2.24) is 25.0 Å². The van der Waals surface area contributed by atoms with Crippen molar-refractivity contribution in [3.8, 4) is 0 Å². The Morgan fingerprint density at radius 2 is 1.96 bits per heavy atom. The topological polar surface area (TPSA) is 63.1 Å². The molecular weight excluding hydrogens is 314 g/mol. The van der Waals surface area contributed by atoms with Crippen LogP contribution >= 0.6 is 0 Å². The van der Waals surface area contributed by atoms with Crippen molar-refractivity contribution in [3.05, 3.63) is 47.0 Å². The number of carbonyl (C=O) groups is 1. The molecule has 1 aliphatic carbocycles. The molecule has 6 heteroatoms. The molecule has 0 bridgehead atoms. The Kier molecular flexibility index (Phi) is 3.59. The van der Waals surface area contributed by atoms with Crippen LogP contribution in [0.3, 0.4) is 0 Å². The van der Waals surface area contributed by atoms with Gasteiger partial charge in [-0.05, 0) is 30.4 Å². The van der Waals surface area contributed by atoms with E-state index in [0.29, 0.717) is 11.8 Å². The van der Waals surface area contributed by atoms with Crippen LogP contribution in [0.4, 0.5) is 0 Å². The van der Waals surface area contributed by atoms with E-state index in [0.717, 1.165) is 63.6 Å². The molecule has 25 heavy (non-hydrogen) atoms. The molecule has 0 spiro atoms. The van der Waals surface area contributed by atoms with Gasteiger partial charge < -0.3 is 14.8 Å². The van der Waals surface area contributed by atoms with E-state index >= 15 is 0 Å². The van der Waals surface area contributed by atoms with E-state index in [-0.39, 0.29) is 5.92 Å². The molecule has 1 fully saturated rings. The van der Waals surface area contributed by atoms with Gasteiger partial charge in [0.2, 0.25) is 5.91 Å². The molecule has 1 aromatic carbocycles. The van der Waals surface area contributed by atoms with Gasteiger partial charge in [-0.25, -0.2) is 0 Å². The molecule has 0 saturated carbocycles. The molecule has 1 N–H and O–H groups in total. The Morgan fingerprint density at radius 3 is 2.80 bits per heavy atom. The summed E-state index contributed by atoms with van der Waals surface area (Å²) in [4.78, 5) is 14.9. The summed E-state index contributed by atoms with van der Waals surface area (Å²) in [6.07, 6.45) is 2.89. The van der Waals surface area contributed by atoms with Crippen LogP contribution < -0.4 is 5.32 Å². The normalized spacial score (nSPS) is 22.9. The van der Waals surface area contributed by atoms with Crippen LogP contribution in [0.25, 0.3) is 0 Å². The lowest BCUT2D eigenvalue weighted by Crippen LogP contribution is -2.43. The molecule has 0 radical (unpaired) electrons. The number of fused-ring (bicyclic) bond motifs is 2. The summed E-state index contributed by atoms with van der Waals surface area (Å²) < 4.78 is 2.28. The number of nitrogens with zero attached hydrogens (tertiary/aromatic N) is 4. The predicted octanol–water partition coefficient (Wildman–Crippen LogP) is 1.43. The lowest BCUT2D eigenvalue weighted by Gasteiger charge is -2.37. The van der Waals surface area contributed by atoms with E-state index in [4.69, 9.17) is 0 Å². The molecule has 3 aliphatic rings. The monoisotopic (exact) mass is 337 g/mol. The van der Waals surface area contributed by atoms with Crippen LogP contribution in [0.15, 0.2) is 24.3 Å². The summed E-state index contributed by atoms with van der Waals surface area (Å²) in [5, 5.41) is 12.1. The number of rotatable bonds is 2. The SMILES string of the molecule is O=C(C1Cc2ccccc21)N1CCC(c2nnc3n2CCNC3)CC1. The number of aromatic nitrogens is 3. The second-order valence-corrected chi connectivity index (χ2v) is 7.36. The van der Waals surface area contributed by atoms with E-state index in [1.807, 2.05) is 6.07 Å². The van der Waals surface area contributed by atoms with Gasteiger partial charge in [0.1, 0.15) is 11.6 Å². The first-order valence-electron chi connectivity index (χ1n) is 9.30. The van der Waals surface area contributed by atoms with Gasteiger partial charge in [0, 0.05) is 32.1 Å². The quantitative estimate of drug-likeness (QED) is 0.900. The van der Waals surface area contributed by atoms with E-state index < -0.39 is 0 Å². The van der Waals surface area contributed by atoms with Gasteiger partial charge in [-0.1, -0.05) is 24.3 Å². The molecule has 1 aromatic heterocycles. The van der Waals surface area contributed by atoms with Crippen molar-refractivity contribution in [1.29, 1.82) is 0 Å². The van der Waals surface area contributed by atoms with Crippen LogP contribution in [-0.2, 0) is 24.3 Å². The maximum absolute atomic E-state index is 12.9. The lowest BCUT2D eigenvalue weighted by atomic mass is 9.76. The smallest absolute Gasteiger partial charge is 0.230 e. The second-order valence-electron chi connectivity index (χ2n) is 7.36. The van der Waals surface area contributed by atoms with Crippen LogP contribution in [-0.4, -0.2) is 45.2 Å². The predicted molar refractivity (Wildman–Crippen MR) is 93.2 cm³/mol. The number of carbonyl (C=O) groups excluding carboxylic acids is 1. The zero-order valence-corrected chi connectivity index (χ0v) is 14.3. The third kappa shape index (κ3) is 2.47. The van der Waals surface area contributed by atoms with Gasteiger partial charge in [0.15, 0.2) is 0 Å². The fourth-order valence-corrected chi connectivity index (χ4v) is 4.47. The zero-order valence-electron chi connectivity index (χ0n) is 14.3. The summed E-state index contributed by atoms with van der Waals surface area (Å²) in [6, 6.07) is 8.33. The first-order chi connectivity index (χ1) is 12.3. The Labute approximate surface area is 147 Å². The zero-order chi connectivity index (χ0) is 16.8. The molecule has 1 saturated heterocycles. The first-order valence-corrected chi connectivity index (χ1v) is 9.30. The minimum atomic E-state index is 0.0830. The third-order valence-electron chi connectivity index (χ3n) is 5.98. The van der Waals surface area contributed by atoms with E-state index in [1.54, 1.807) is 0 Å². The molecule has 2 aliphatic heterocycles. The van der Waals surface area contributed by atoms with Crippen molar-refractivity contribution < 1.29 is 4.79 Å². The summed E-state index contributed by atoms with van der Waals surface area (Å²) in [5.74, 6) is 2.99. The standard InChI is InChI=1S/C19H23N5O/c25-19(16-11-14-3-1-2-4-15(14)16)23-8-5-13(6-9-23)18-22-21-17-12-20-7-10-24(17)18/h1-4,13,16,20H,5-12H2. The van der Waals surface area contributed by atoms with Crippen LogP contribution in [0.5, 0.6) is 0 Å². The van der Waals surface area contributed by atoms with Crippen LogP contribution in [0.1, 0.15) is 47.5 Å². The van der Waals surface area contributed by atoms with Gasteiger partial charge >= 0.3 is 0 Å². The maximum atomic E-state index is 12.9. The summed E-state index contributed by atoms with van der Waals surface area (Å²) >= 11 is 0. The van der Waals surface area contributed by atoms with Crippen molar-refractivity contribution in [2.24, 2.45) is 0 Å². The highest BCUT2D eigenvalue weighted by atomic mass is 16.2. The lowest BCUT2D eigenvalue weighted by molar-refractivity contribution is -0.134. The number of nitrogens with one attached hydrogen (secondary N) is 1. The van der Waals surface area contributed by atoms with E-state index in [1.165, 1.54) is 11.1 Å². The fourth-order valence-electron chi connectivity index (χ4n) is 4.47. The van der Waals surface area contributed by atoms with E-state index in [9.17, 15) is 4.79 Å². The van der Waals surface area contributed by atoms with Crippen LogP contribution in [0, 0.1) is 0 Å². The van der Waals surface area contributed by atoms with E-state index in [2.05, 4.69) is 43.2 Å². The molecule has 1 amide bonds. The molecule has 1 unspecified atom stereocenters. The number of amides is 1. The van der Waals surface area contributed by atoms with Gasteiger partial charge in [0.25, 0.3) is 0 Å². The Morgan fingerprint density at radius 1 is 1.12 bits per heavy atom. The van der Waals surface area contributed by atoms with Gasteiger partial charge in [-0.3, -0.25) is 4.79 Å². The van der Waals surface area contributed by atoms with Crippen molar-refractivity contribution in [3.63, 3.8) is 0 Å². The minimum absolute atomic E-state index is 0.0830. The molecule has 1 atom stereocenters. The first kappa shape index (κ1) is 15.1. The van der Waals surface area contributed by atoms with Crippen molar-refractivity contribution in [2.45, 2.75) is 44.2 Å². The third-order valence-corrected chi connectivity index (χ3v) is 5.98. The maximum Gasteiger partial charge on any atom is 0.230 e. The second kappa shape index (κ2) is 5.95. The Bertz CT molecular complexity index is 806. The summed E-state index contributed by atoms with van der Waals surface area (Å²) in [5.41, 5.74) is 2.56. The Balaban J connectivity index is 1.25. The van der Waals surface area contributed by atoms with Crippen molar-refractivity contribution in [2.75, 3.05) is 19.6 Å². The Hall–Kier alpha value is -2.21. The highest BCUT2D eigenvalue weighted by Crippen LogP contribution is 2.37. The molecule has 3 heterocycles. The molecule has 6 nitrogen and oxygen atoms in total. The number of benzene rings is 1. The molecule has 2 aromatic rings. The highest BCUT2D eigenvalue weighted by molar-refractivity contribution is 5.87. The van der Waals surface area contributed by atoms with Gasteiger partial charge in [-0.2, -0.15) is 0 Å². The number of hydrogen-bond donors (Lipinski definition) is 1. The molecule has 130 valence electrons. The average molecular weight is 337 g/mol. The van der Waals surface area contributed by atoms with Gasteiger partial charge in [-0.15, -0.1) is 10.2 Å². The average Bonchev–Trinajstić information content (AvgIpc) is 3.07. The minimum Gasteiger partial charge on any atom is -0.342 e. The summed E-state index contributed by atoms with van der Waals surface area (Å²) in [6.45, 7) is 4.42.